The van der Waals surface area contributed by atoms with Crippen LogP contribution in [0, 0.1) is 0 Å². The number of carbonyl (C=O) groups is 1. The molecule has 0 bridgehead atoms. The van der Waals surface area contributed by atoms with Crippen LogP contribution in [0.5, 0.6) is 5.75 Å². The Labute approximate surface area is 192 Å². The standard InChI is InChI=1S/C21H24Cl2N2O5S/c1-24(14-16-4-3-5-17(22)21(16)23)20(26)13-15-6-7-18(29-2)19(12-15)31(27,28)25-8-10-30-11-9-25/h3-7,12H,8-11,13-14H2,1-2H3. The van der Waals surface area contributed by atoms with Crippen molar-refractivity contribution in [1.82, 2.24) is 9.21 Å². The molecule has 0 aromatic heterocycles. The van der Waals surface area contributed by atoms with E-state index in [2.05, 4.69) is 0 Å². The molecule has 1 fully saturated rings. The van der Waals surface area contributed by atoms with Gasteiger partial charge in [0.05, 0.1) is 36.8 Å². The fourth-order valence-electron chi connectivity index (χ4n) is 3.28. The molecule has 1 amide bonds. The maximum atomic E-state index is 13.1. The Morgan fingerprint density at radius 2 is 1.90 bits per heavy atom. The lowest BCUT2D eigenvalue weighted by atomic mass is 10.1. The van der Waals surface area contributed by atoms with Crippen LogP contribution in [0.2, 0.25) is 10.0 Å². The molecule has 1 heterocycles. The molecular formula is C21H24Cl2N2O5S. The van der Waals surface area contributed by atoms with Crippen molar-refractivity contribution in [2.45, 2.75) is 17.9 Å². The third kappa shape index (κ3) is 5.51. The summed E-state index contributed by atoms with van der Waals surface area (Å²) in [6.07, 6.45) is 0.0321. The number of methoxy groups -OCH3 is 1. The second-order valence-electron chi connectivity index (χ2n) is 7.14. The number of nitrogens with zero attached hydrogens (tertiary/aromatic N) is 2. The van der Waals surface area contributed by atoms with Gasteiger partial charge in [-0.3, -0.25) is 4.79 Å². The van der Waals surface area contributed by atoms with Crippen LogP contribution in [0.25, 0.3) is 0 Å². The number of likely N-dealkylation sites (N-methyl/N-ethyl adjacent to an activating group) is 1. The summed E-state index contributed by atoms with van der Waals surface area (Å²) >= 11 is 12.3. The first kappa shape index (κ1) is 23.8. The van der Waals surface area contributed by atoms with Crippen molar-refractivity contribution in [3.05, 3.63) is 57.6 Å². The van der Waals surface area contributed by atoms with Gasteiger partial charge in [-0.25, -0.2) is 8.42 Å². The summed E-state index contributed by atoms with van der Waals surface area (Å²) < 4.78 is 38.1. The van der Waals surface area contributed by atoms with E-state index in [1.165, 1.54) is 22.4 Å². The summed E-state index contributed by atoms with van der Waals surface area (Å²) in [4.78, 5) is 14.3. The minimum absolute atomic E-state index is 0.0321. The number of hydrogen-bond acceptors (Lipinski definition) is 5. The number of halogens is 2. The molecule has 0 spiro atoms. The Bertz CT molecular complexity index is 1060. The molecule has 2 aromatic carbocycles. The topological polar surface area (TPSA) is 76.2 Å². The van der Waals surface area contributed by atoms with Gasteiger partial charge in [-0.1, -0.05) is 41.4 Å². The van der Waals surface area contributed by atoms with Gasteiger partial charge in [0.15, 0.2) is 0 Å². The van der Waals surface area contributed by atoms with Gasteiger partial charge in [-0.15, -0.1) is 0 Å². The summed E-state index contributed by atoms with van der Waals surface area (Å²) in [7, 11) is -0.692. The zero-order valence-electron chi connectivity index (χ0n) is 17.3. The van der Waals surface area contributed by atoms with Gasteiger partial charge >= 0.3 is 0 Å². The number of benzene rings is 2. The zero-order valence-corrected chi connectivity index (χ0v) is 19.6. The molecule has 0 radical (unpaired) electrons. The lowest BCUT2D eigenvalue weighted by Crippen LogP contribution is -2.40. The first-order chi connectivity index (χ1) is 14.7. The number of rotatable bonds is 7. The van der Waals surface area contributed by atoms with Crippen molar-refractivity contribution in [2.75, 3.05) is 40.5 Å². The van der Waals surface area contributed by atoms with E-state index >= 15 is 0 Å². The lowest BCUT2D eigenvalue weighted by molar-refractivity contribution is -0.129. The maximum Gasteiger partial charge on any atom is 0.246 e. The fraction of sp³-hybridized carbons (Fsp3) is 0.381. The molecule has 0 aliphatic carbocycles. The summed E-state index contributed by atoms with van der Waals surface area (Å²) in [6.45, 7) is 1.52. The van der Waals surface area contributed by atoms with Crippen LogP contribution in [-0.4, -0.2) is 64.0 Å². The molecule has 0 N–H and O–H groups in total. The van der Waals surface area contributed by atoms with Crippen LogP contribution in [0.1, 0.15) is 11.1 Å². The van der Waals surface area contributed by atoms with Gasteiger partial charge in [0.25, 0.3) is 0 Å². The first-order valence-electron chi connectivity index (χ1n) is 9.65. The van der Waals surface area contributed by atoms with Gasteiger partial charge in [0.2, 0.25) is 15.9 Å². The molecule has 10 heteroatoms. The van der Waals surface area contributed by atoms with Gasteiger partial charge in [-0.2, -0.15) is 4.31 Å². The highest BCUT2D eigenvalue weighted by Gasteiger charge is 2.29. The molecule has 1 aliphatic heterocycles. The fourth-order valence-corrected chi connectivity index (χ4v) is 5.28. The molecule has 1 saturated heterocycles. The van der Waals surface area contributed by atoms with E-state index in [1.54, 1.807) is 37.4 Å². The van der Waals surface area contributed by atoms with E-state index < -0.39 is 10.0 Å². The summed E-state index contributed by atoms with van der Waals surface area (Å²) in [5, 5.41) is 0.834. The van der Waals surface area contributed by atoms with Gasteiger partial charge in [-0.05, 0) is 29.3 Å². The molecular weight excluding hydrogens is 463 g/mol. The quantitative estimate of drug-likeness (QED) is 0.600. The number of ether oxygens (including phenoxy) is 2. The SMILES string of the molecule is COc1ccc(CC(=O)N(C)Cc2cccc(Cl)c2Cl)cc1S(=O)(=O)N1CCOCC1. The van der Waals surface area contributed by atoms with Gasteiger partial charge in [0.1, 0.15) is 10.6 Å². The smallest absolute Gasteiger partial charge is 0.246 e. The third-order valence-electron chi connectivity index (χ3n) is 5.04. The Hall–Kier alpha value is -1.84. The van der Waals surface area contributed by atoms with Crippen LogP contribution in [0.3, 0.4) is 0 Å². The second-order valence-corrected chi connectivity index (χ2v) is 9.83. The molecule has 7 nitrogen and oxygen atoms in total. The number of carbonyl (C=O) groups excluding carboxylic acids is 1. The number of hydrogen-bond donors (Lipinski definition) is 0. The van der Waals surface area contributed by atoms with Gasteiger partial charge < -0.3 is 14.4 Å². The molecule has 0 saturated carbocycles. The summed E-state index contributed by atoms with van der Waals surface area (Å²) in [5.41, 5.74) is 1.30. The Balaban J connectivity index is 1.79. The van der Waals surface area contributed by atoms with Crippen molar-refractivity contribution in [3.63, 3.8) is 0 Å². The van der Waals surface area contributed by atoms with Gasteiger partial charge in [0, 0.05) is 26.7 Å². The third-order valence-corrected chi connectivity index (χ3v) is 7.81. The number of morpholine rings is 1. The molecule has 1 aliphatic rings. The van der Waals surface area contributed by atoms with Crippen molar-refractivity contribution < 1.29 is 22.7 Å². The highest BCUT2D eigenvalue weighted by Crippen LogP contribution is 2.29. The molecule has 3 rings (SSSR count). The van der Waals surface area contributed by atoms with Crippen molar-refractivity contribution in [3.8, 4) is 5.75 Å². The molecule has 2 aromatic rings. The van der Waals surface area contributed by atoms with Crippen LogP contribution in [0.4, 0.5) is 0 Å². The van der Waals surface area contributed by atoms with Crippen molar-refractivity contribution in [2.24, 2.45) is 0 Å². The van der Waals surface area contributed by atoms with Crippen LogP contribution >= 0.6 is 23.2 Å². The van der Waals surface area contributed by atoms with Crippen LogP contribution in [0.15, 0.2) is 41.3 Å². The van der Waals surface area contributed by atoms with E-state index in [-0.39, 0.29) is 42.6 Å². The minimum Gasteiger partial charge on any atom is -0.495 e. The Kier molecular flexibility index (Phi) is 7.82. The maximum absolute atomic E-state index is 13.1. The monoisotopic (exact) mass is 486 g/mol. The molecule has 168 valence electrons. The minimum atomic E-state index is -3.77. The van der Waals surface area contributed by atoms with E-state index in [4.69, 9.17) is 32.7 Å². The second kappa shape index (κ2) is 10.2. The number of amides is 1. The van der Waals surface area contributed by atoms with Crippen molar-refractivity contribution in [1.29, 1.82) is 0 Å². The Morgan fingerprint density at radius 3 is 2.58 bits per heavy atom. The first-order valence-corrected chi connectivity index (χ1v) is 11.9. The molecule has 0 atom stereocenters. The Morgan fingerprint density at radius 1 is 1.19 bits per heavy atom. The van der Waals surface area contributed by atoms with Crippen LogP contribution < -0.4 is 4.74 Å². The van der Waals surface area contributed by atoms with E-state index in [0.717, 1.165) is 5.56 Å². The summed E-state index contributed by atoms with van der Waals surface area (Å²) in [6, 6.07) is 10.0. The van der Waals surface area contributed by atoms with Crippen molar-refractivity contribution >= 4 is 39.1 Å². The average molecular weight is 487 g/mol. The largest absolute Gasteiger partial charge is 0.495 e. The zero-order chi connectivity index (χ0) is 22.6. The average Bonchev–Trinajstić information content (AvgIpc) is 2.77. The number of sulfonamides is 1. The van der Waals surface area contributed by atoms with Crippen LogP contribution in [-0.2, 0) is 32.5 Å². The normalized spacial score (nSPS) is 15.0. The predicted molar refractivity (Wildman–Crippen MR) is 119 cm³/mol. The van der Waals surface area contributed by atoms with E-state index in [0.29, 0.717) is 28.8 Å². The predicted octanol–water partition coefficient (Wildman–Crippen LogP) is 3.22. The lowest BCUT2D eigenvalue weighted by Gasteiger charge is -2.27. The summed E-state index contributed by atoms with van der Waals surface area (Å²) in [5.74, 6) is 0.0534. The molecule has 0 unspecified atom stereocenters. The van der Waals surface area contributed by atoms with E-state index in [9.17, 15) is 13.2 Å². The highest BCUT2D eigenvalue weighted by atomic mass is 35.5. The van der Waals surface area contributed by atoms with E-state index in [1.807, 2.05) is 0 Å². The molecule has 31 heavy (non-hydrogen) atoms. The highest BCUT2D eigenvalue weighted by molar-refractivity contribution is 7.89.